The predicted octanol–water partition coefficient (Wildman–Crippen LogP) is 1.12. The first-order valence-corrected chi connectivity index (χ1v) is 3.70. The first-order valence-electron chi connectivity index (χ1n) is 3.70. The fraction of sp³-hybridized carbons (Fsp3) is 0.250. The maximum atomic E-state index is 10.6. The van der Waals surface area contributed by atoms with Gasteiger partial charge in [-0.15, -0.1) is 0 Å². The van der Waals surface area contributed by atoms with E-state index in [-0.39, 0.29) is 5.56 Å². The maximum absolute atomic E-state index is 10.6. The fourth-order valence-corrected chi connectivity index (χ4v) is 0.925. The molecule has 0 bridgehead atoms. The third-order valence-electron chi connectivity index (χ3n) is 1.42. The van der Waals surface area contributed by atoms with Crippen LogP contribution in [0.15, 0.2) is 18.0 Å². The first-order chi connectivity index (χ1) is 5.75. The van der Waals surface area contributed by atoms with Crippen molar-refractivity contribution in [3.8, 4) is 5.75 Å². The molecule has 0 radical (unpaired) electrons. The molecule has 0 aliphatic carbocycles. The van der Waals surface area contributed by atoms with Crippen molar-refractivity contribution in [1.82, 2.24) is 0 Å². The molecule has 0 unspecified atom stereocenters. The molecule has 0 aliphatic heterocycles. The number of aromatic carboxylic acids is 1. The van der Waals surface area contributed by atoms with Gasteiger partial charge in [0.1, 0.15) is 0 Å². The summed E-state index contributed by atoms with van der Waals surface area (Å²) in [6.45, 7) is 4.04. The third-order valence-corrected chi connectivity index (χ3v) is 1.42. The van der Waals surface area contributed by atoms with Crippen LogP contribution in [-0.4, -0.2) is 24.6 Å². The van der Waals surface area contributed by atoms with Gasteiger partial charge in [-0.2, -0.15) is 0 Å². The van der Waals surface area contributed by atoms with Gasteiger partial charge in [-0.25, -0.2) is 0 Å². The van der Waals surface area contributed by atoms with E-state index >= 15 is 0 Å². The van der Waals surface area contributed by atoms with Crippen LogP contribution >= 0.6 is 0 Å². The van der Waals surface area contributed by atoms with E-state index in [0.29, 0.717) is 12.4 Å². The number of carboxylic acids is 1. The average molecular weight is 164 g/mol. The summed E-state index contributed by atoms with van der Waals surface area (Å²) < 4.78 is 5.12. The molecule has 4 heteroatoms. The predicted molar refractivity (Wildman–Crippen MR) is 45.9 cm³/mol. The van der Waals surface area contributed by atoms with Gasteiger partial charge in [-0.1, -0.05) is 0 Å². The van der Waals surface area contributed by atoms with Gasteiger partial charge in [0.25, 0.3) is 0 Å². The number of hydrogen-bond donors (Lipinski definition) is 1. The van der Waals surface area contributed by atoms with Gasteiger partial charge in [0.15, 0.2) is 0 Å². The van der Waals surface area contributed by atoms with Gasteiger partial charge >= 0.3 is 70.4 Å². The quantitative estimate of drug-likeness (QED) is 0.727. The van der Waals surface area contributed by atoms with Crippen LogP contribution in [0.4, 0.5) is 0 Å². The fourth-order valence-electron chi connectivity index (χ4n) is 0.925. The van der Waals surface area contributed by atoms with Crippen molar-refractivity contribution in [3.63, 3.8) is 0 Å². The van der Waals surface area contributed by atoms with Crippen LogP contribution < -0.4 is 4.74 Å². The molecule has 0 atom stereocenters. The molecule has 0 saturated heterocycles. The second-order valence-electron chi connectivity index (χ2n) is 2.23. The Labute approximate surface area is 71.2 Å². The van der Waals surface area contributed by atoms with E-state index in [1.165, 1.54) is 6.07 Å². The molecule has 1 rings (SSSR count). The van der Waals surface area contributed by atoms with Crippen molar-refractivity contribution in [2.75, 3.05) is 6.61 Å². The van der Waals surface area contributed by atoms with Crippen LogP contribution in [-0.2, 0) is 0 Å². The Morgan fingerprint density at radius 1 is 1.75 bits per heavy atom. The summed E-state index contributed by atoms with van der Waals surface area (Å²) in [4.78, 5) is 10.6. The summed E-state index contributed by atoms with van der Waals surface area (Å²) in [6.07, 6.45) is 0. The first kappa shape index (κ1) is 8.78. The molecule has 0 fully saturated rings. The summed E-state index contributed by atoms with van der Waals surface area (Å²) in [7, 11) is 0. The minimum atomic E-state index is -0.959. The van der Waals surface area contributed by atoms with Crippen molar-refractivity contribution >= 4 is 12.9 Å². The molecular formula is C8H9BO3. The van der Waals surface area contributed by atoms with E-state index in [4.69, 9.17) is 9.84 Å². The topological polar surface area (TPSA) is 46.5 Å². The standard InChI is InChI=1S/C8H9BO3/c1-2-12-7-5-9-4-3-6(7)8(10)11/h3-5H,2H2,1H3,(H,10,11). The van der Waals surface area contributed by atoms with Crippen molar-refractivity contribution in [1.29, 1.82) is 0 Å². The van der Waals surface area contributed by atoms with Gasteiger partial charge < -0.3 is 0 Å². The Kier molecular flexibility index (Phi) is 2.85. The summed E-state index contributed by atoms with van der Waals surface area (Å²) >= 11 is 0. The second kappa shape index (κ2) is 3.90. The molecule has 12 heavy (non-hydrogen) atoms. The molecule has 0 aromatic carbocycles. The van der Waals surface area contributed by atoms with Crippen LogP contribution in [0.5, 0.6) is 5.75 Å². The van der Waals surface area contributed by atoms with Gasteiger partial charge in [0.05, 0.1) is 0 Å². The molecule has 0 aliphatic rings. The summed E-state index contributed by atoms with van der Waals surface area (Å²) in [5, 5.41) is 8.71. The Morgan fingerprint density at radius 3 is 3.08 bits per heavy atom. The minimum absolute atomic E-state index is 0.208. The molecule has 0 amide bonds. The third kappa shape index (κ3) is 1.84. The van der Waals surface area contributed by atoms with Crippen LogP contribution in [0.3, 0.4) is 0 Å². The van der Waals surface area contributed by atoms with Crippen molar-refractivity contribution < 1.29 is 14.6 Å². The van der Waals surface area contributed by atoms with Crippen LogP contribution in [0.1, 0.15) is 17.3 Å². The van der Waals surface area contributed by atoms with Gasteiger partial charge in [0, 0.05) is 0 Å². The molecule has 3 nitrogen and oxygen atoms in total. The zero-order valence-electron chi connectivity index (χ0n) is 6.78. The zero-order chi connectivity index (χ0) is 8.97. The van der Waals surface area contributed by atoms with Crippen LogP contribution in [0.2, 0.25) is 0 Å². The van der Waals surface area contributed by atoms with Gasteiger partial charge in [-0.3, -0.25) is 0 Å². The Balaban J connectivity index is 3.00. The molecule has 1 aromatic rings. The summed E-state index contributed by atoms with van der Waals surface area (Å²) in [6, 6.07) is 1.52. The average Bonchev–Trinajstić information content (AvgIpc) is 2.05. The molecule has 1 N–H and O–H groups in total. The second-order valence-corrected chi connectivity index (χ2v) is 2.23. The Hall–Kier alpha value is -1.32. The van der Waals surface area contributed by atoms with Crippen molar-refractivity contribution in [2.45, 2.75) is 6.92 Å². The number of ether oxygens (including phenoxy) is 1. The molecular weight excluding hydrogens is 155 g/mol. The molecule has 1 heterocycles. The van der Waals surface area contributed by atoms with Crippen molar-refractivity contribution in [3.05, 3.63) is 23.6 Å². The van der Waals surface area contributed by atoms with E-state index in [2.05, 4.69) is 0 Å². The molecule has 1 aromatic heterocycles. The zero-order valence-corrected chi connectivity index (χ0v) is 6.78. The Morgan fingerprint density at radius 2 is 2.50 bits per heavy atom. The number of rotatable bonds is 3. The van der Waals surface area contributed by atoms with E-state index in [1.807, 2.05) is 6.92 Å². The van der Waals surface area contributed by atoms with E-state index in [0.717, 1.165) is 0 Å². The SMILES string of the molecule is CCOc1cbccc1C(=O)O. The van der Waals surface area contributed by atoms with Crippen molar-refractivity contribution in [2.24, 2.45) is 0 Å². The normalized spacial score (nSPS) is 9.08. The molecule has 62 valence electrons. The van der Waals surface area contributed by atoms with Crippen LogP contribution in [0, 0.1) is 0 Å². The molecule has 0 spiro atoms. The number of carbonyl (C=O) groups is 1. The van der Waals surface area contributed by atoms with Gasteiger partial charge in [0.2, 0.25) is 0 Å². The van der Waals surface area contributed by atoms with Crippen LogP contribution in [0.25, 0.3) is 0 Å². The Bertz CT molecular complexity index is 285. The summed E-state index contributed by atoms with van der Waals surface area (Å²) in [5.41, 5.74) is 0.208. The van der Waals surface area contributed by atoms with E-state index in [9.17, 15) is 4.79 Å². The van der Waals surface area contributed by atoms with Gasteiger partial charge in [-0.05, 0) is 0 Å². The van der Waals surface area contributed by atoms with E-state index in [1.54, 1.807) is 18.8 Å². The number of carboxylic acid groups (broad SMARTS) is 1. The monoisotopic (exact) mass is 164 g/mol. The molecule has 0 saturated carbocycles. The summed E-state index contributed by atoms with van der Waals surface area (Å²) in [5.74, 6) is 2.78. The van der Waals surface area contributed by atoms with E-state index < -0.39 is 5.97 Å². The number of hydrogen-bond acceptors (Lipinski definition) is 2.